The van der Waals surface area contributed by atoms with Gasteiger partial charge in [0, 0.05) is 18.7 Å². The lowest BCUT2D eigenvalue weighted by Crippen LogP contribution is -2.34. The van der Waals surface area contributed by atoms with Crippen molar-refractivity contribution in [1.29, 1.82) is 0 Å². The minimum atomic E-state index is -3.16. The highest BCUT2D eigenvalue weighted by Crippen LogP contribution is 2.18. The predicted octanol–water partition coefficient (Wildman–Crippen LogP) is 2.22. The topological polar surface area (TPSA) is 93.8 Å². The van der Waals surface area contributed by atoms with E-state index in [1.807, 2.05) is 13.8 Å². The van der Waals surface area contributed by atoms with Gasteiger partial charge in [-0.15, -0.1) is 4.36 Å². The first-order chi connectivity index (χ1) is 10.8. The number of nitrogens with two attached hydrogens (primary N) is 1. The minimum Gasteiger partial charge on any atom is -0.383 e. The zero-order chi connectivity index (χ0) is 17.5. The third kappa shape index (κ3) is 6.56. The molecule has 1 amide bonds. The molecule has 2 atom stereocenters. The number of hydrogen-bond acceptors (Lipinski definition) is 4. The molecule has 0 saturated heterocycles. The molecule has 0 aromatic heterocycles. The van der Waals surface area contributed by atoms with Crippen LogP contribution in [0.25, 0.3) is 0 Å². The van der Waals surface area contributed by atoms with Crippen molar-refractivity contribution in [3.8, 4) is 0 Å². The molecule has 1 unspecified atom stereocenters. The van der Waals surface area contributed by atoms with Crippen molar-refractivity contribution in [2.45, 2.75) is 31.2 Å². The molecule has 0 aliphatic carbocycles. The first kappa shape index (κ1) is 20.1. The number of amides is 1. The largest absolute Gasteiger partial charge is 0.383 e. The van der Waals surface area contributed by atoms with Gasteiger partial charge in [-0.2, -0.15) is 0 Å². The van der Waals surface area contributed by atoms with Crippen LogP contribution in [0.3, 0.4) is 0 Å². The zero-order valence-electron chi connectivity index (χ0n) is 13.6. The second-order valence-corrected chi connectivity index (χ2v) is 7.97. The average molecular weight is 362 g/mol. The Morgan fingerprint density at radius 1 is 1.48 bits per heavy atom. The summed E-state index contributed by atoms with van der Waals surface area (Å²) in [5.74, 6) is -0.346. The van der Waals surface area contributed by atoms with Gasteiger partial charge in [0.2, 0.25) is 0 Å². The van der Waals surface area contributed by atoms with Crippen LogP contribution in [0.4, 0.5) is 0 Å². The second kappa shape index (κ2) is 9.34. The van der Waals surface area contributed by atoms with E-state index in [1.165, 1.54) is 13.2 Å². The fourth-order valence-electron chi connectivity index (χ4n) is 1.89. The Balaban J connectivity index is 3.15. The molecule has 0 spiro atoms. The van der Waals surface area contributed by atoms with Gasteiger partial charge in [0.05, 0.1) is 17.5 Å². The highest BCUT2D eigenvalue weighted by atomic mass is 35.5. The van der Waals surface area contributed by atoms with Crippen LogP contribution in [0.15, 0.2) is 33.5 Å². The highest BCUT2D eigenvalue weighted by molar-refractivity contribution is 7.92. The van der Waals surface area contributed by atoms with E-state index in [9.17, 15) is 9.00 Å². The zero-order valence-corrected chi connectivity index (χ0v) is 15.2. The van der Waals surface area contributed by atoms with Crippen molar-refractivity contribution in [3.05, 3.63) is 29.3 Å². The smallest absolute Gasteiger partial charge is 0.271 e. The third-order valence-electron chi connectivity index (χ3n) is 2.98. The van der Waals surface area contributed by atoms with Crippen molar-refractivity contribution in [2.24, 2.45) is 16.0 Å². The molecule has 0 aliphatic heterocycles. The van der Waals surface area contributed by atoms with Gasteiger partial charge in [-0.1, -0.05) is 31.5 Å². The van der Waals surface area contributed by atoms with Gasteiger partial charge in [0.15, 0.2) is 0 Å². The summed E-state index contributed by atoms with van der Waals surface area (Å²) in [6.45, 7) is 4.52. The van der Waals surface area contributed by atoms with Gasteiger partial charge in [-0.25, -0.2) is 8.93 Å². The van der Waals surface area contributed by atoms with E-state index in [-0.39, 0.29) is 12.5 Å². The molecule has 0 heterocycles. The van der Waals surface area contributed by atoms with Crippen molar-refractivity contribution >= 4 is 27.4 Å². The number of halogens is 1. The van der Waals surface area contributed by atoms with Gasteiger partial charge in [-0.3, -0.25) is 4.79 Å². The molecular formula is C15H24ClN3O3S. The van der Waals surface area contributed by atoms with Gasteiger partial charge < -0.3 is 10.5 Å². The summed E-state index contributed by atoms with van der Waals surface area (Å²) in [4.78, 5) is 12.5. The van der Waals surface area contributed by atoms with Crippen molar-refractivity contribution in [1.82, 2.24) is 4.72 Å². The number of nitrogens with one attached hydrogen (secondary N) is 1. The summed E-state index contributed by atoms with van der Waals surface area (Å²) in [6.07, 6.45) is 0.478. The van der Waals surface area contributed by atoms with E-state index in [4.69, 9.17) is 22.1 Å². The van der Waals surface area contributed by atoms with Gasteiger partial charge >= 0.3 is 0 Å². The van der Waals surface area contributed by atoms with Crippen LogP contribution in [0.2, 0.25) is 5.02 Å². The van der Waals surface area contributed by atoms with E-state index >= 15 is 0 Å². The Morgan fingerprint density at radius 3 is 2.74 bits per heavy atom. The molecule has 1 aromatic rings. The third-order valence-corrected chi connectivity index (χ3v) is 5.14. The van der Waals surface area contributed by atoms with E-state index in [0.29, 0.717) is 22.9 Å². The molecule has 0 saturated carbocycles. The number of ether oxygens (including phenoxy) is 1. The summed E-state index contributed by atoms with van der Waals surface area (Å²) < 4.78 is 24.7. The Morgan fingerprint density at radius 2 is 2.17 bits per heavy atom. The first-order valence-electron chi connectivity index (χ1n) is 7.34. The molecule has 1 aromatic carbocycles. The van der Waals surface area contributed by atoms with E-state index < -0.39 is 21.9 Å². The standard InChI is InChI=1S/C15H24ClN3O3S/c1-11(2)9-14(17)15(20)19-23(21,18-7-8-22-3)13-6-4-5-12(16)10-13/h4-6,10-11,14H,7-9,17H2,1-3H3,(H,18,19,20,21)/t14-,23?/m0/s1. The number of benzene rings is 1. The molecular weight excluding hydrogens is 338 g/mol. The molecule has 0 fully saturated rings. The molecule has 8 heteroatoms. The normalized spacial score (nSPS) is 15.2. The van der Waals surface area contributed by atoms with Crippen LogP contribution in [-0.4, -0.2) is 36.4 Å². The van der Waals surface area contributed by atoms with Crippen molar-refractivity contribution < 1.29 is 13.7 Å². The maximum absolute atomic E-state index is 13.1. The van der Waals surface area contributed by atoms with E-state index in [0.717, 1.165) is 0 Å². The summed E-state index contributed by atoms with van der Waals surface area (Å²) in [6, 6.07) is 5.67. The molecule has 1 rings (SSSR count). The SMILES string of the molecule is COCCNS(=O)(=NC(=O)[C@@H](N)CC(C)C)c1cccc(Cl)c1. The van der Waals surface area contributed by atoms with Gasteiger partial charge in [0.25, 0.3) is 5.91 Å². The fourth-order valence-corrected chi connectivity index (χ4v) is 3.78. The van der Waals surface area contributed by atoms with Crippen LogP contribution in [-0.2, 0) is 19.4 Å². The molecule has 0 bridgehead atoms. The Labute approximate surface area is 143 Å². The lowest BCUT2D eigenvalue weighted by atomic mass is 10.0. The predicted molar refractivity (Wildman–Crippen MR) is 92.6 cm³/mol. The summed E-state index contributed by atoms with van der Waals surface area (Å²) in [5, 5.41) is 0.415. The molecule has 0 radical (unpaired) electrons. The summed E-state index contributed by atoms with van der Waals surface area (Å²) >= 11 is 5.95. The van der Waals surface area contributed by atoms with Crippen LogP contribution in [0, 0.1) is 5.92 Å². The molecule has 3 N–H and O–H groups in total. The number of methoxy groups -OCH3 is 1. The lowest BCUT2D eigenvalue weighted by molar-refractivity contribution is -0.119. The van der Waals surface area contributed by atoms with Gasteiger partial charge in [0.1, 0.15) is 9.92 Å². The van der Waals surface area contributed by atoms with Crippen LogP contribution < -0.4 is 10.5 Å². The number of carbonyl (C=O) groups is 1. The van der Waals surface area contributed by atoms with Crippen molar-refractivity contribution in [3.63, 3.8) is 0 Å². The maximum Gasteiger partial charge on any atom is 0.271 e. The average Bonchev–Trinajstić information content (AvgIpc) is 2.46. The first-order valence-corrected chi connectivity index (χ1v) is 9.23. The number of rotatable bonds is 8. The number of hydrogen-bond donors (Lipinski definition) is 2. The van der Waals surface area contributed by atoms with E-state index in [2.05, 4.69) is 9.08 Å². The quantitative estimate of drug-likeness (QED) is 0.694. The van der Waals surface area contributed by atoms with Crippen LogP contribution in [0.5, 0.6) is 0 Å². The van der Waals surface area contributed by atoms with Gasteiger partial charge in [-0.05, 0) is 30.5 Å². The highest BCUT2D eigenvalue weighted by Gasteiger charge is 2.20. The summed E-state index contributed by atoms with van der Waals surface area (Å²) in [5.41, 5.74) is 5.84. The lowest BCUT2D eigenvalue weighted by Gasteiger charge is -2.14. The fraction of sp³-hybridized carbons (Fsp3) is 0.533. The van der Waals surface area contributed by atoms with E-state index in [1.54, 1.807) is 18.2 Å². The van der Waals surface area contributed by atoms with Crippen LogP contribution in [0.1, 0.15) is 20.3 Å². The molecule has 6 nitrogen and oxygen atoms in total. The minimum absolute atomic E-state index is 0.243. The Kier molecular flexibility index (Phi) is 8.15. The molecule has 0 aliphatic rings. The molecule has 23 heavy (non-hydrogen) atoms. The Bertz CT molecular complexity index is 643. The van der Waals surface area contributed by atoms with Crippen molar-refractivity contribution in [2.75, 3.05) is 20.3 Å². The number of nitrogens with zero attached hydrogens (tertiary/aromatic N) is 1. The molecule has 130 valence electrons. The second-order valence-electron chi connectivity index (χ2n) is 5.54. The number of carbonyl (C=O) groups excluding carboxylic acids is 1. The monoisotopic (exact) mass is 361 g/mol. The van der Waals surface area contributed by atoms with Crippen LogP contribution >= 0.6 is 11.6 Å². The Hall–Kier alpha value is -0.990. The summed E-state index contributed by atoms with van der Waals surface area (Å²) in [7, 11) is -1.63. The maximum atomic E-state index is 13.1.